The minimum atomic E-state index is -4.39. The zero-order chi connectivity index (χ0) is 10.8. The number of nitrogens with two attached hydrogens (primary N) is 1. The van der Waals surface area contributed by atoms with Gasteiger partial charge < -0.3 is 10.5 Å². The Labute approximate surface area is 85.6 Å². The van der Waals surface area contributed by atoms with Crippen molar-refractivity contribution in [1.29, 1.82) is 0 Å². The molecule has 1 aliphatic carbocycles. The van der Waals surface area contributed by atoms with Gasteiger partial charge in [-0.1, -0.05) is 12.2 Å². The number of hydrogen-bond acceptors (Lipinski definition) is 2. The van der Waals surface area contributed by atoms with Crippen LogP contribution in [0.3, 0.4) is 0 Å². The van der Waals surface area contributed by atoms with Crippen molar-refractivity contribution in [2.24, 2.45) is 17.6 Å². The first-order valence-electron chi connectivity index (χ1n) is 4.35. The average Bonchev–Trinajstić information content (AvgIpc) is 2.77. The summed E-state index contributed by atoms with van der Waals surface area (Å²) in [7, 11) is 0. The van der Waals surface area contributed by atoms with Crippen LogP contribution in [0, 0.1) is 11.8 Å². The molecule has 2 N–H and O–H groups in total. The Morgan fingerprint density at radius 3 is 2.43 bits per heavy atom. The topological polar surface area (TPSA) is 35.2 Å². The molecule has 2 nitrogen and oxygen atoms in total. The van der Waals surface area contributed by atoms with E-state index >= 15 is 0 Å². The molecule has 1 unspecified atom stereocenters. The van der Waals surface area contributed by atoms with Gasteiger partial charge in [0.2, 0.25) is 0 Å². The molecule has 0 aromatic rings. The van der Waals surface area contributed by atoms with Crippen molar-refractivity contribution in [3.05, 3.63) is 0 Å². The number of halogens is 3. The van der Waals surface area contributed by atoms with E-state index in [1.165, 1.54) is 0 Å². The van der Waals surface area contributed by atoms with Crippen molar-refractivity contribution in [3.63, 3.8) is 0 Å². The van der Waals surface area contributed by atoms with Crippen LogP contribution in [0.1, 0.15) is 12.8 Å². The van der Waals surface area contributed by atoms with E-state index in [1.807, 2.05) is 0 Å². The van der Waals surface area contributed by atoms with Crippen LogP contribution in [-0.2, 0) is 4.74 Å². The number of rotatable bonds is 5. The van der Waals surface area contributed by atoms with Crippen molar-refractivity contribution in [2.45, 2.75) is 19.0 Å². The molecular weight excluding hydrogens is 215 g/mol. The lowest BCUT2D eigenvalue weighted by Gasteiger charge is -2.18. The first-order valence-corrected chi connectivity index (χ1v) is 4.76. The van der Waals surface area contributed by atoms with Crippen molar-refractivity contribution in [2.75, 3.05) is 13.2 Å². The molecule has 1 saturated carbocycles. The lowest BCUT2D eigenvalue weighted by atomic mass is 10.1. The van der Waals surface area contributed by atoms with Crippen LogP contribution in [0.15, 0.2) is 0 Å². The maximum Gasteiger partial charge on any atom is 0.400 e. The molecule has 0 aliphatic heterocycles. The van der Waals surface area contributed by atoms with Gasteiger partial charge in [-0.15, -0.1) is 0 Å². The van der Waals surface area contributed by atoms with Crippen LogP contribution in [0.2, 0.25) is 0 Å². The Morgan fingerprint density at radius 1 is 1.50 bits per heavy atom. The standard InChI is InChI=1S/C8H12F3NOS/c9-8(10,11)6(7(12)14)4-13-3-5-1-2-5/h5-6H,1-4H2,(H2,12,14). The van der Waals surface area contributed by atoms with Crippen molar-refractivity contribution in [1.82, 2.24) is 0 Å². The van der Waals surface area contributed by atoms with Gasteiger partial charge in [-0.05, 0) is 18.8 Å². The third kappa shape index (κ3) is 3.79. The van der Waals surface area contributed by atoms with E-state index in [4.69, 9.17) is 10.5 Å². The Hall–Kier alpha value is -0.360. The third-order valence-corrected chi connectivity index (χ3v) is 2.36. The molecule has 1 fully saturated rings. The van der Waals surface area contributed by atoms with Crippen LogP contribution < -0.4 is 5.73 Å². The Balaban J connectivity index is 2.30. The predicted molar refractivity (Wildman–Crippen MR) is 49.9 cm³/mol. The fourth-order valence-corrected chi connectivity index (χ4v) is 1.18. The van der Waals surface area contributed by atoms with E-state index in [0.29, 0.717) is 12.5 Å². The molecule has 6 heteroatoms. The molecule has 0 saturated heterocycles. The van der Waals surface area contributed by atoms with Crippen molar-refractivity contribution < 1.29 is 17.9 Å². The molecule has 0 heterocycles. The molecule has 0 aromatic carbocycles. The Kier molecular flexibility index (Phi) is 3.71. The number of ether oxygens (including phenoxy) is 1. The molecule has 1 rings (SSSR count). The highest BCUT2D eigenvalue weighted by Gasteiger charge is 2.42. The van der Waals surface area contributed by atoms with Crippen molar-refractivity contribution >= 4 is 17.2 Å². The van der Waals surface area contributed by atoms with Gasteiger partial charge in [0, 0.05) is 6.61 Å². The summed E-state index contributed by atoms with van der Waals surface area (Å²) < 4.78 is 41.7. The van der Waals surface area contributed by atoms with E-state index in [1.54, 1.807) is 0 Å². The van der Waals surface area contributed by atoms with Crippen LogP contribution in [0.5, 0.6) is 0 Å². The third-order valence-electron chi connectivity index (χ3n) is 2.07. The molecule has 0 bridgehead atoms. The summed E-state index contributed by atoms with van der Waals surface area (Å²) in [5.74, 6) is -1.37. The normalized spacial score (nSPS) is 19.4. The number of alkyl halides is 3. The smallest absolute Gasteiger partial charge is 0.393 e. The van der Waals surface area contributed by atoms with E-state index in [0.717, 1.165) is 12.8 Å². The summed E-state index contributed by atoms with van der Waals surface area (Å²) in [5.41, 5.74) is 4.99. The Bertz CT molecular complexity index is 215. The van der Waals surface area contributed by atoms with Gasteiger partial charge in [0.1, 0.15) is 5.92 Å². The molecule has 0 amide bonds. The fourth-order valence-electron chi connectivity index (χ4n) is 0.975. The van der Waals surface area contributed by atoms with Gasteiger partial charge in [-0.2, -0.15) is 13.2 Å². The first kappa shape index (κ1) is 11.7. The zero-order valence-electron chi connectivity index (χ0n) is 7.51. The van der Waals surface area contributed by atoms with Gasteiger partial charge in [0.15, 0.2) is 0 Å². The molecular formula is C8H12F3NOS. The Morgan fingerprint density at radius 2 is 2.07 bits per heavy atom. The van der Waals surface area contributed by atoms with Crippen LogP contribution >= 0.6 is 12.2 Å². The van der Waals surface area contributed by atoms with Gasteiger partial charge >= 0.3 is 6.18 Å². The molecule has 0 aromatic heterocycles. The van der Waals surface area contributed by atoms with E-state index in [9.17, 15) is 13.2 Å². The number of thiocarbonyl (C=S) groups is 1. The zero-order valence-corrected chi connectivity index (χ0v) is 8.33. The van der Waals surface area contributed by atoms with Gasteiger partial charge in [0.25, 0.3) is 0 Å². The molecule has 1 aliphatic rings. The minimum absolute atomic E-state index is 0.384. The minimum Gasteiger partial charge on any atom is -0.393 e. The van der Waals surface area contributed by atoms with Crippen molar-refractivity contribution in [3.8, 4) is 0 Å². The lowest BCUT2D eigenvalue weighted by Crippen LogP contribution is -2.38. The summed E-state index contributed by atoms with van der Waals surface area (Å²) >= 11 is 4.34. The maximum absolute atomic E-state index is 12.3. The highest BCUT2D eigenvalue weighted by molar-refractivity contribution is 7.80. The maximum atomic E-state index is 12.3. The second-order valence-corrected chi connectivity index (χ2v) is 3.95. The van der Waals surface area contributed by atoms with Gasteiger partial charge in [-0.25, -0.2) is 0 Å². The molecule has 14 heavy (non-hydrogen) atoms. The monoisotopic (exact) mass is 227 g/mol. The number of hydrogen-bond donors (Lipinski definition) is 1. The van der Waals surface area contributed by atoms with Crippen LogP contribution in [-0.4, -0.2) is 24.4 Å². The quantitative estimate of drug-likeness (QED) is 0.728. The second-order valence-electron chi connectivity index (χ2n) is 3.48. The summed E-state index contributed by atoms with van der Waals surface area (Å²) in [4.78, 5) is -0.548. The second kappa shape index (κ2) is 4.44. The highest BCUT2D eigenvalue weighted by Crippen LogP contribution is 2.30. The molecule has 0 radical (unpaired) electrons. The molecule has 82 valence electrons. The average molecular weight is 227 g/mol. The summed E-state index contributed by atoms with van der Waals surface area (Å²) in [6.45, 7) is -0.0650. The predicted octanol–water partition coefficient (Wildman–Crippen LogP) is 1.88. The van der Waals surface area contributed by atoms with Crippen LogP contribution in [0.25, 0.3) is 0 Å². The molecule has 1 atom stereocenters. The lowest BCUT2D eigenvalue weighted by molar-refractivity contribution is -0.167. The van der Waals surface area contributed by atoms with E-state index in [2.05, 4.69) is 12.2 Å². The fraction of sp³-hybridized carbons (Fsp3) is 0.875. The molecule has 0 spiro atoms. The summed E-state index contributed by atoms with van der Waals surface area (Å²) in [6, 6.07) is 0. The summed E-state index contributed by atoms with van der Waals surface area (Å²) in [5, 5.41) is 0. The summed E-state index contributed by atoms with van der Waals surface area (Å²) in [6.07, 6.45) is -2.30. The van der Waals surface area contributed by atoms with Gasteiger partial charge in [0.05, 0.1) is 11.6 Å². The SMILES string of the molecule is NC(=S)C(COCC1CC1)C(F)(F)F. The van der Waals surface area contributed by atoms with E-state index in [-0.39, 0.29) is 0 Å². The first-order chi connectivity index (χ1) is 6.41. The highest BCUT2D eigenvalue weighted by atomic mass is 32.1. The van der Waals surface area contributed by atoms with Crippen LogP contribution in [0.4, 0.5) is 13.2 Å². The van der Waals surface area contributed by atoms with Gasteiger partial charge in [-0.3, -0.25) is 0 Å². The van der Waals surface area contributed by atoms with E-state index < -0.39 is 23.7 Å². The largest absolute Gasteiger partial charge is 0.400 e.